The normalized spacial score (nSPS) is 10.6. The molecule has 0 aliphatic rings. The summed E-state index contributed by atoms with van der Waals surface area (Å²) in [5.74, 6) is 1.76. The van der Waals surface area contributed by atoms with Crippen LogP contribution in [0.5, 0.6) is 5.75 Å². The summed E-state index contributed by atoms with van der Waals surface area (Å²) in [5.41, 5.74) is 2.39. The fourth-order valence-electron chi connectivity index (χ4n) is 2.83. The van der Waals surface area contributed by atoms with Crippen molar-refractivity contribution in [1.29, 1.82) is 5.26 Å². The van der Waals surface area contributed by atoms with Crippen molar-refractivity contribution >= 4 is 17.5 Å². The minimum absolute atomic E-state index is 0.241. The number of carbonyl (C=O) groups excluding carboxylic acids is 1. The number of nitrogens with one attached hydrogen (secondary N) is 1. The standard InChI is InChI=1S/C24H23ClN2O3/c1-16(2)15-29-22-9-7-20(25)11-19(22)12-21-8-10-23(30-21)24(28)27-14-18-5-3-17(13-26)4-6-18/h3-11,16H,12,14-15H2,1-2H3,(H,27,28). The van der Waals surface area contributed by atoms with Gasteiger partial charge in [0.05, 0.1) is 18.2 Å². The molecule has 0 aliphatic carbocycles. The van der Waals surface area contributed by atoms with E-state index in [2.05, 4.69) is 25.2 Å². The van der Waals surface area contributed by atoms with E-state index < -0.39 is 0 Å². The lowest BCUT2D eigenvalue weighted by molar-refractivity contribution is 0.0921. The van der Waals surface area contributed by atoms with Crippen LogP contribution in [-0.4, -0.2) is 12.5 Å². The molecule has 0 radical (unpaired) electrons. The molecule has 3 aromatic rings. The van der Waals surface area contributed by atoms with Gasteiger partial charge in [0.2, 0.25) is 0 Å². The molecule has 30 heavy (non-hydrogen) atoms. The predicted molar refractivity (Wildman–Crippen MR) is 116 cm³/mol. The predicted octanol–water partition coefficient (Wildman–Crippen LogP) is 5.36. The van der Waals surface area contributed by atoms with Crippen LogP contribution in [0, 0.1) is 17.2 Å². The monoisotopic (exact) mass is 422 g/mol. The molecule has 0 saturated carbocycles. The highest BCUT2D eigenvalue weighted by Gasteiger charge is 2.14. The Kier molecular flexibility index (Phi) is 7.16. The first kappa shape index (κ1) is 21.5. The topological polar surface area (TPSA) is 75.3 Å². The fraction of sp³-hybridized carbons (Fsp3) is 0.250. The highest BCUT2D eigenvalue weighted by molar-refractivity contribution is 6.30. The molecular weight excluding hydrogens is 400 g/mol. The van der Waals surface area contributed by atoms with E-state index in [0.717, 1.165) is 16.9 Å². The molecule has 0 atom stereocenters. The van der Waals surface area contributed by atoms with Crippen molar-refractivity contribution in [3.63, 3.8) is 0 Å². The zero-order valence-electron chi connectivity index (χ0n) is 16.9. The quantitative estimate of drug-likeness (QED) is 0.530. The largest absolute Gasteiger partial charge is 0.493 e. The van der Waals surface area contributed by atoms with Crippen LogP contribution in [-0.2, 0) is 13.0 Å². The molecule has 5 nitrogen and oxygen atoms in total. The van der Waals surface area contributed by atoms with Gasteiger partial charge in [0, 0.05) is 23.6 Å². The molecule has 0 aliphatic heterocycles. The molecule has 1 heterocycles. The average molecular weight is 423 g/mol. The third-order valence-electron chi connectivity index (χ3n) is 4.38. The van der Waals surface area contributed by atoms with E-state index in [-0.39, 0.29) is 11.7 Å². The maximum absolute atomic E-state index is 12.4. The van der Waals surface area contributed by atoms with E-state index in [4.69, 9.17) is 26.0 Å². The van der Waals surface area contributed by atoms with Gasteiger partial charge in [-0.25, -0.2) is 0 Å². The van der Waals surface area contributed by atoms with Gasteiger partial charge >= 0.3 is 0 Å². The highest BCUT2D eigenvalue weighted by Crippen LogP contribution is 2.26. The van der Waals surface area contributed by atoms with Gasteiger partial charge in [-0.05, 0) is 53.9 Å². The van der Waals surface area contributed by atoms with E-state index in [9.17, 15) is 4.79 Å². The number of benzene rings is 2. The average Bonchev–Trinajstić information content (AvgIpc) is 3.20. The Labute approximate surface area is 181 Å². The molecule has 0 saturated heterocycles. The number of halogens is 1. The van der Waals surface area contributed by atoms with Gasteiger partial charge in [0.15, 0.2) is 5.76 Å². The molecule has 0 fully saturated rings. The second kappa shape index (κ2) is 10.00. The van der Waals surface area contributed by atoms with Crippen LogP contribution in [0.3, 0.4) is 0 Å². The van der Waals surface area contributed by atoms with Gasteiger partial charge in [-0.3, -0.25) is 4.79 Å². The number of nitriles is 1. The number of rotatable bonds is 8. The van der Waals surface area contributed by atoms with Gasteiger partial charge in [0.25, 0.3) is 5.91 Å². The van der Waals surface area contributed by atoms with Gasteiger partial charge < -0.3 is 14.5 Å². The number of ether oxygens (including phenoxy) is 1. The summed E-state index contributed by atoms with van der Waals surface area (Å²) in [7, 11) is 0. The first-order valence-corrected chi connectivity index (χ1v) is 10.1. The van der Waals surface area contributed by atoms with Crippen LogP contribution in [0.25, 0.3) is 0 Å². The number of furan rings is 1. The maximum atomic E-state index is 12.4. The molecule has 1 N–H and O–H groups in total. The van der Waals surface area contributed by atoms with Crippen LogP contribution in [0.15, 0.2) is 59.0 Å². The Morgan fingerprint density at radius 3 is 2.63 bits per heavy atom. The first-order chi connectivity index (χ1) is 14.4. The lowest BCUT2D eigenvalue weighted by atomic mass is 10.1. The Bertz CT molecular complexity index is 1050. The number of hydrogen-bond acceptors (Lipinski definition) is 4. The third-order valence-corrected chi connectivity index (χ3v) is 4.62. The summed E-state index contributed by atoms with van der Waals surface area (Å²) < 4.78 is 11.6. The maximum Gasteiger partial charge on any atom is 0.287 e. The summed E-state index contributed by atoms with van der Waals surface area (Å²) in [6.45, 7) is 5.13. The van der Waals surface area contributed by atoms with Crippen LogP contribution in [0.1, 0.15) is 46.9 Å². The van der Waals surface area contributed by atoms with Crippen LogP contribution in [0.2, 0.25) is 5.02 Å². The molecule has 1 aromatic heterocycles. The van der Waals surface area contributed by atoms with Crippen molar-refractivity contribution in [2.45, 2.75) is 26.8 Å². The lowest BCUT2D eigenvalue weighted by Crippen LogP contribution is -2.22. The summed E-state index contributed by atoms with van der Waals surface area (Å²) in [6, 6.07) is 18.1. The fourth-order valence-corrected chi connectivity index (χ4v) is 3.03. The zero-order chi connectivity index (χ0) is 21.5. The van der Waals surface area contributed by atoms with E-state index >= 15 is 0 Å². The van der Waals surface area contributed by atoms with Crippen LogP contribution < -0.4 is 10.1 Å². The molecule has 0 bridgehead atoms. The second-order valence-corrected chi connectivity index (χ2v) is 7.83. The number of nitrogens with zero attached hydrogens (tertiary/aromatic N) is 1. The Hall–Kier alpha value is -3.23. The second-order valence-electron chi connectivity index (χ2n) is 7.39. The Morgan fingerprint density at radius 1 is 1.17 bits per heavy atom. The van der Waals surface area contributed by atoms with Crippen molar-refractivity contribution < 1.29 is 13.9 Å². The molecule has 154 valence electrons. The molecule has 1 amide bonds. The molecule has 2 aromatic carbocycles. The van der Waals surface area contributed by atoms with Crippen LogP contribution >= 0.6 is 11.6 Å². The SMILES string of the molecule is CC(C)COc1ccc(Cl)cc1Cc1ccc(C(=O)NCc2ccc(C#N)cc2)o1. The summed E-state index contributed by atoms with van der Waals surface area (Å²) in [6.07, 6.45) is 0.469. The third kappa shape index (κ3) is 5.88. The minimum Gasteiger partial charge on any atom is -0.493 e. The van der Waals surface area contributed by atoms with E-state index in [0.29, 0.717) is 41.8 Å². The van der Waals surface area contributed by atoms with Crippen molar-refractivity contribution in [3.8, 4) is 11.8 Å². The van der Waals surface area contributed by atoms with E-state index in [1.165, 1.54) is 0 Å². The van der Waals surface area contributed by atoms with Crippen LogP contribution in [0.4, 0.5) is 0 Å². The van der Waals surface area contributed by atoms with Crippen molar-refractivity contribution in [2.75, 3.05) is 6.61 Å². The van der Waals surface area contributed by atoms with Crippen molar-refractivity contribution in [3.05, 3.63) is 87.8 Å². The molecule has 3 rings (SSSR count). The number of hydrogen-bond donors (Lipinski definition) is 1. The minimum atomic E-state index is -0.298. The highest BCUT2D eigenvalue weighted by atomic mass is 35.5. The summed E-state index contributed by atoms with van der Waals surface area (Å²) >= 11 is 6.15. The Balaban J connectivity index is 1.63. The first-order valence-electron chi connectivity index (χ1n) is 9.72. The van der Waals surface area contributed by atoms with Crippen molar-refractivity contribution in [1.82, 2.24) is 5.32 Å². The van der Waals surface area contributed by atoms with Gasteiger partial charge in [-0.2, -0.15) is 5.26 Å². The van der Waals surface area contributed by atoms with E-state index in [1.54, 1.807) is 30.3 Å². The lowest BCUT2D eigenvalue weighted by Gasteiger charge is -2.13. The van der Waals surface area contributed by atoms with Crippen molar-refractivity contribution in [2.24, 2.45) is 5.92 Å². The Morgan fingerprint density at radius 2 is 1.93 bits per heavy atom. The van der Waals surface area contributed by atoms with E-state index in [1.807, 2.05) is 24.3 Å². The summed E-state index contributed by atoms with van der Waals surface area (Å²) in [4.78, 5) is 12.4. The van der Waals surface area contributed by atoms with Gasteiger partial charge in [-0.1, -0.05) is 37.6 Å². The summed E-state index contributed by atoms with van der Waals surface area (Å²) in [5, 5.41) is 12.3. The molecular formula is C24H23ClN2O3. The smallest absolute Gasteiger partial charge is 0.287 e. The molecule has 0 unspecified atom stereocenters. The number of carbonyl (C=O) groups is 1. The molecule has 6 heteroatoms. The zero-order valence-corrected chi connectivity index (χ0v) is 17.7. The number of amides is 1. The van der Waals surface area contributed by atoms with Gasteiger partial charge in [-0.15, -0.1) is 0 Å². The molecule has 0 spiro atoms. The van der Waals surface area contributed by atoms with Gasteiger partial charge in [0.1, 0.15) is 11.5 Å².